The van der Waals surface area contributed by atoms with Gasteiger partial charge in [-0.1, -0.05) is 24.6 Å². The fourth-order valence-corrected chi connectivity index (χ4v) is 3.23. The van der Waals surface area contributed by atoms with Gasteiger partial charge in [0.1, 0.15) is 11.5 Å². The molecule has 3 rings (SSSR count). The lowest BCUT2D eigenvalue weighted by Crippen LogP contribution is -2.09. The van der Waals surface area contributed by atoms with Crippen molar-refractivity contribution in [2.45, 2.75) is 25.9 Å². The van der Waals surface area contributed by atoms with E-state index in [1.807, 2.05) is 38.1 Å². The number of ether oxygens (including phenoxy) is 1. The van der Waals surface area contributed by atoms with Gasteiger partial charge in [0.15, 0.2) is 0 Å². The zero-order valence-electron chi connectivity index (χ0n) is 15.1. The first kappa shape index (κ1) is 18.9. The number of nitrogens with zero attached hydrogens (tertiary/aromatic N) is 2. The quantitative estimate of drug-likeness (QED) is 0.632. The van der Waals surface area contributed by atoms with Gasteiger partial charge in [0.05, 0.1) is 17.7 Å². The summed E-state index contributed by atoms with van der Waals surface area (Å²) in [6.45, 7) is 3.83. The van der Waals surface area contributed by atoms with Crippen LogP contribution < -0.4 is 4.74 Å². The molecule has 0 saturated carbocycles. The Labute approximate surface area is 163 Å². The van der Waals surface area contributed by atoms with Crippen molar-refractivity contribution in [3.63, 3.8) is 0 Å². The molecule has 2 unspecified atom stereocenters. The van der Waals surface area contributed by atoms with E-state index < -0.39 is 6.10 Å². The van der Waals surface area contributed by atoms with Gasteiger partial charge in [-0.2, -0.15) is 5.26 Å². The maximum atomic E-state index is 10.7. The minimum atomic E-state index is -0.686. The van der Waals surface area contributed by atoms with Gasteiger partial charge in [0.2, 0.25) is 0 Å². The van der Waals surface area contributed by atoms with Gasteiger partial charge >= 0.3 is 0 Å². The lowest BCUT2D eigenvalue weighted by molar-refractivity contribution is 0.151. The monoisotopic (exact) mass is 378 g/mol. The molecule has 3 aromatic rings. The van der Waals surface area contributed by atoms with Crippen LogP contribution in [-0.4, -0.2) is 10.1 Å². The molecule has 0 amide bonds. The van der Waals surface area contributed by atoms with Crippen molar-refractivity contribution in [2.24, 2.45) is 0 Å². The van der Waals surface area contributed by atoms with Gasteiger partial charge in [-0.3, -0.25) is 4.98 Å². The average Bonchev–Trinajstić information content (AvgIpc) is 2.67. The predicted molar refractivity (Wildman–Crippen MR) is 105 cm³/mol. The number of nitriles is 1. The third-order valence-electron chi connectivity index (χ3n) is 4.42. The van der Waals surface area contributed by atoms with Crippen LogP contribution in [0.2, 0.25) is 5.02 Å². The summed E-state index contributed by atoms with van der Waals surface area (Å²) in [6, 6.07) is 18.0. The van der Waals surface area contributed by atoms with Crippen molar-refractivity contribution >= 4 is 11.6 Å². The van der Waals surface area contributed by atoms with Crippen LogP contribution in [0, 0.1) is 18.3 Å². The number of hydrogen-bond donors (Lipinski definition) is 1. The second-order valence-corrected chi connectivity index (χ2v) is 6.79. The average molecular weight is 379 g/mol. The molecular weight excluding hydrogens is 360 g/mol. The molecule has 0 bridgehead atoms. The number of pyridine rings is 1. The molecule has 0 aliphatic rings. The zero-order chi connectivity index (χ0) is 19.4. The number of halogens is 1. The Bertz CT molecular complexity index is 980. The highest BCUT2D eigenvalue weighted by atomic mass is 35.5. The van der Waals surface area contributed by atoms with E-state index in [4.69, 9.17) is 21.6 Å². The highest BCUT2D eigenvalue weighted by Crippen LogP contribution is 2.37. The summed E-state index contributed by atoms with van der Waals surface area (Å²) in [6.07, 6.45) is 1.01. The van der Waals surface area contributed by atoms with Crippen molar-refractivity contribution in [3.05, 3.63) is 88.2 Å². The Kier molecular flexibility index (Phi) is 5.75. The minimum absolute atomic E-state index is 0.191. The standard InChI is InChI=1S/C22H19ClN2O2/c1-14-11-17(9-10-25-14)22(26)15(2)20-8-7-19(12-21(20)23)27-18-5-3-16(13-24)4-6-18/h3-12,15,22,26H,1-2H3. The molecule has 2 atom stereocenters. The van der Waals surface area contributed by atoms with Crippen LogP contribution in [0.3, 0.4) is 0 Å². The Morgan fingerprint density at radius 3 is 2.41 bits per heavy atom. The summed E-state index contributed by atoms with van der Waals surface area (Å²) in [5.74, 6) is 1.02. The summed E-state index contributed by atoms with van der Waals surface area (Å²) in [7, 11) is 0. The Morgan fingerprint density at radius 2 is 1.78 bits per heavy atom. The number of aromatic nitrogens is 1. The molecule has 0 aliphatic heterocycles. The van der Waals surface area contributed by atoms with Crippen LogP contribution in [0.1, 0.15) is 41.3 Å². The smallest absolute Gasteiger partial charge is 0.128 e. The van der Waals surface area contributed by atoms with Gasteiger partial charge in [0.25, 0.3) is 0 Å². The lowest BCUT2D eigenvalue weighted by Gasteiger charge is -2.21. The zero-order valence-corrected chi connectivity index (χ0v) is 15.8. The molecule has 27 heavy (non-hydrogen) atoms. The molecule has 136 valence electrons. The Morgan fingerprint density at radius 1 is 1.07 bits per heavy atom. The second kappa shape index (κ2) is 8.22. The number of benzene rings is 2. The Hall–Kier alpha value is -2.87. The summed E-state index contributed by atoms with van der Waals surface area (Å²) in [4.78, 5) is 4.16. The van der Waals surface area contributed by atoms with E-state index in [2.05, 4.69) is 11.1 Å². The SMILES string of the molecule is Cc1cc(C(O)C(C)c2ccc(Oc3ccc(C#N)cc3)cc2Cl)ccn1. The number of rotatable bonds is 5. The second-order valence-electron chi connectivity index (χ2n) is 6.39. The van der Waals surface area contributed by atoms with E-state index in [1.165, 1.54) is 0 Å². The maximum absolute atomic E-state index is 10.7. The molecule has 0 radical (unpaired) electrons. The molecule has 0 saturated heterocycles. The number of aliphatic hydroxyl groups is 1. The van der Waals surface area contributed by atoms with Gasteiger partial charge in [0, 0.05) is 22.8 Å². The van der Waals surface area contributed by atoms with Gasteiger partial charge in [-0.15, -0.1) is 0 Å². The van der Waals surface area contributed by atoms with Crippen LogP contribution in [0.15, 0.2) is 60.8 Å². The fourth-order valence-electron chi connectivity index (χ4n) is 2.88. The summed E-state index contributed by atoms with van der Waals surface area (Å²) >= 11 is 6.45. The first-order valence-corrected chi connectivity index (χ1v) is 8.94. The third-order valence-corrected chi connectivity index (χ3v) is 4.74. The number of hydrogen-bond acceptors (Lipinski definition) is 4. The Balaban J connectivity index is 1.78. The van der Waals surface area contributed by atoms with Crippen LogP contribution in [0.5, 0.6) is 11.5 Å². The molecule has 2 aromatic carbocycles. The topological polar surface area (TPSA) is 66.1 Å². The summed E-state index contributed by atoms with van der Waals surface area (Å²) in [5.41, 5.74) is 3.08. The first-order chi connectivity index (χ1) is 13.0. The van der Waals surface area contributed by atoms with Crippen molar-refractivity contribution in [2.75, 3.05) is 0 Å². The molecule has 1 heterocycles. The van der Waals surface area contributed by atoms with Crippen molar-refractivity contribution < 1.29 is 9.84 Å². The predicted octanol–water partition coefficient (Wildman–Crippen LogP) is 5.54. The number of aliphatic hydroxyl groups excluding tert-OH is 1. The molecular formula is C22H19ClN2O2. The molecule has 0 aliphatic carbocycles. The highest BCUT2D eigenvalue weighted by Gasteiger charge is 2.21. The molecule has 5 heteroatoms. The van der Waals surface area contributed by atoms with Crippen LogP contribution in [0.4, 0.5) is 0 Å². The van der Waals surface area contributed by atoms with E-state index in [0.717, 1.165) is 16.8 Å². The minimum Gasteiger partial charge on any atom is -0.457 e. The van der Waals surface area contributed by atoms with Gasteiger partial charge < -0.3 is 9.84 Å². The summed E-state index contributed by atoms with van der Waals surface area (Å²) < 4.78 is 5.79. The summed E-state index contributed by atoms with van der Waals surface area (Å²) in [5, 5.41) is 20.1. The van der Waals surface area contributed by atoms with Crippen LogP contribution in [-0.2, 0) is 0 Å². The van der Waals surface area contributed by atoms with Crippen LogP contribution >= 0.6 is 11.6 Å². The lowest BCUT2D eigenvalue weighted by atomic mass is 9.91. The van der Waals surface area contributed by atoms with Crippen molar-refractivity contribution in [1.29, 1.82) is 5.26 Å². The largest absolute Gasteiger partial charge is 0.457 e. The third kappa shape index (κ3) is 4.46. The molecule has 1 N–H and O–H groups in total. The van der Waals surface area contributed by atoms with E-state index in [-0.39, 0.29) is 5.92 Å². The first-order valence-electron chi connectivity index (χ1n) is 8.56. The van der Waals surface area contributed by atoms with E-state index in [1.54, 1.807) is 36.5 Å². The van der Waals surface area contributed by atoms with E-state index in [0.29, 0.717) is 22.1 Å². The number of aryl methyl sites for hydroxylation is 1. The van der Waals surface area contributed by atoms with Crippen molar-refractivity contribution in [3.8, 4) is 17.6 Å². The molecule has 0 fully saturated rings. The molecule has 0 spiro atoms. The van der Waals surface area contributed by atoms with Gasteiger partial charge in [-0.05, 0) is 66.6 Å². The molecule has 4 nitrogen and oxygen atoms in total. The normalized spacial score (nSPS) is 12.9. The van der Waals surface area contributed by atoms with E-state index in [9.17, 15) is 5.11 Å². The van der Waals surface area contributed by atoms with Crippen LogP contribution in [0.25, 0.3) is 0 Å². The van der Waals surface area contributed by atoms with Gasteiger partial charge in [-0.25, -0.2) is 0 Å². The van der Waals surface area contributed by atoms with Crippen molar-refractivity contribution in [1.82, 2.24) is 4.98 Å². The van der Waals surface area contributed by atoms with E-state index >= 15 is 0 Å². The fraction of sp³-hybridized carbons (Fsp3) is 0.182. The maximum Gasteiger partial charge on any atom is 0.128 e. The highest BCUT2D eigenvalue weighted by molar-refractivity contribution is 6.31. The molecule has 1 aromatic heterocycles.